The van der Waals surface area contributed by atoms with E-state index in [1.807, 2.05) is 31.2 Å². The van der Waals surface area contributed by atoms with Crippen molar-refractivity contribution in [3.63, 3.8) is 0 Å². The van der Waals surface area contributed by atoms with Gasteiger partial charge in [-0.2, -0.15) is 5.10 Å². The molecule has 0 bridgehead atoms. The van der Waals surface area contributed by atoms with Crippen LogP contribution in [0.4, 0.5) is 0 Å². The van der Waals surface area contributed by atoms with Crippen LogP contribution in [0.3, 0.4) is 0 Å². The maximum atomic E-state index is 12.1. The molecule has 1 amide bonds. The van der Waals surface area contributed by atoms with Crippen molar-refractivity contribution in [3.05, 3.63) is 64.1 Å². The molecule has 1 heterocycles. The fraction of sp³-hybridized carbons (Fsp3) is 0.316. The third-order valence-electron chi connectivity index (χ3n) is 3.45. The third kappa shape index (κ3) is 5.31. The van der Waals surface area contributed by atoms with E-state index in [2.05, 4.69) is 24.4 Å². The smallest absolute Gasteiger partial charge is 0.276 e. The Balaban J connectivity index is 1.96. The highest BCUT2D eigenvalue weighted by atomic mass is 16.5. The zero-order valence-electron chi connectivity index (χ0n) is 14.7. The highest BCUT2D eigenvalue weighted by Crippen LogP contribution is 2.12. The summed E-state index contributed by atoms with van der Waals surface area (Å²) in [6.07, 6.45) is 3.16. The summed E-state index contributed by atoms with van der Waals surface area (Å²) in [7, 11) is 0. The molecule has 1 aromatic carbocycles. The Bertz CT molecular complexity index is 792. The topological polar surface area (TPSA) is 72.7 Å². The molecule has 0 spiro atoms. The lowest BCUT2D eigenvalue weighted by atomic mass is 10.2. The van der Waals surface area contributed by atoms with Crippen molar-refractivity contribution in [2.45, 2.75) is 27.3 Å². The molecule has 6 heteroatoms. The van der Waals surface area contributed by atoms with Crippen LogP contribution in [-0.2, 0) is 6.54 Å². The van der Waals surface area contributed by atoms with E-state index in [1.165, 1.54) is 16.8 Å². The lowest BCUT2D eigenvalue weighted by molar-refractivity contribution is 0.0953. The molecular formula is C19H23N3O3. The molecule has 0 atom stereocenters. The maximum absolute atomic E-state index is 12.1. The van der Waals surface area contributed by atoms with Gasteiger partial charge in [0.25, 0.3) is 11.5 Å². The summed E-state index contributed by atoms with van der Waals surface area (Å²) in [6.45, 7) is 7.19. The number of hydrogen-bond donors (Lipinski definition) is 1. The number of amides is 1. The second-order valence-electron chi connectivity index (χ2n) is 5.99. The summed E-state index contributed by atoms with van der Waals surface area (Å²) in [6, 6.07) is 10.5. The molecule has 0 radical (unpaired) electrons. The van der Waals surface area contributed by atoms with Gasteiger partial charge in [-0.15, -0.1) is 0 Å². The quantitative estimate of drug-likeness (QED) is 0.621. The summed E-state index contributed by atoms with van der Waals surface area (Å²) in [4.78, 5) is 24.1. The van der Waals surface area contributed by atoms with E-state index in [0.29, 0.717) is 19.1 Å². The van der Waals surface area contributed by atoms with Crippen LogP contribution in [0.1, 0.15) is 36.7 Å². The zero-order valence-corrected chi connectivity index (χ0v) is 14.7. The SMILES string of the molecule is CCn1cccc(C(=O)N/N=C\c2ccc(OCC(C)C)cc2)c1=O. The molecule has 0 saturated heterocycles. The van der Waals surface area contributed by atoms with Gasteiger partial charge < -0.3 is 9.30 Å². The fourth-order valence-corrected chi connectivity index (χ4v) is 2.10. The Hall–Kier alpha value is -2.89. The Labute approximate surface area is 147 Å². The molecule has 0 saturated carbocycles. The monoisotopic (exact) mass is 341 g/mol. The van der Waals surface area contributed by atoms with Crippen LogP contribution in [0, 0.1) is 5.92 Å². The van der Waals surface area contributed by atoms with Crippen LogP contribution >= 0.6 is 0 Å². The highest BCUT2D eigenvalue weighted by Gasteiger charge is 2.10. The molecule has 132 valence electrons. The third-order valence-corrected chi connectivity index (χ3v) is 3.45. The minimum Gasteiger partial charge on any atom is -0.493 e. The summed E-state index contributed by atoms with van der Waals surface area (Å²) in [5.74, 6) is 0.729. The number of ether oxygens (including phenoxy) is 1. The minimum atomic E-state index is -0.527. The van der Waals surface area contributed by atoms with Gasteiger partial charge in [0.15, 0.2) is 0 Å². The summed E-state index contributed by atoms with van der Waals surface area (Å²) in [5, 5.41) is 3.90. The first-order valence-electron chi connectivity index (χ1n) is 8.27. The summed E-state index contributed by atoms with van der Waals surface area (Å²) >= 11 is 0. The standard InChI is InChI=1S/C19H23N3O3/c1-4-22-11-5-6-17(19(22)24)18(23)21-20-12-15-7-9-16(10-8-15)25-13-14(2)3/h5-12,14H,4,13H2,1-3H3,(H,21,23)/b20-12-. The molecule has 1 aromatic heterocycles. The highest BCUT2D eigenvalue weighted by molar-refractivity contribution is 5.94. The molecule has 0 unspecified atom stereocenters. The predicted molar refractivity (Wildman–Crippen MR) is 98.2 cm³/mol. The average molecular weight is 341 g/mol. The van der Waals surface area contributed by atoms with Gasteiger partial charge >= 0.3 is 0 Å². The number of hydrogen-bond acceptors (Lipinski definition) is 4. The molecule has 2 aromatic rings. The molecule has 6 nitrogen and oxygen atoms in total. The maximum Gasteiger partial charge on any atom is 0.276 e. The van der Waals surface area contributed by atoms with Crippen LogP contribution in [0.5, 0.6) is 5.75 Å². The molecular weight excluding hydrogens is 318 g/mol. The van der Waals surface area contributed by atoms with E-state index in [9.17, 15) is 9.59 Å². The molecule has 0 aliphatic carbocycles. The first kappa shape index (κ1) is 18.4. The van der Waals surface area contributed by atoms with Crippen molar-refractivity contribution in [2.75, 3.05) is 6.61 Å². The van der Waals surface area contributed by atoms with Gasteiger partial charge in [-0.25, -0.2) is 5.43 Å². The molecule has 1 N–H and O–H groups in total. The van der Waals surface area contributed by atoms with E-state index in [0.717, 1.165) is 11.3 Å². The van der Waals surface area contributed by atoms with E-state index in [-0.39, 0.29) is 11.1 Å². The average Bonchev–Trinajstić information content (AvgIpc) is 2.61. The number of hydrazone groups is 1. The van der Waals surface area contributed by atoms with E-state index < -0.39 is 5.91 Å². The number of rotatable bonds is 7. The van der Waals surface area contributed by atoms with Crippen LogP contribution in [-0.4, -0.2) is 23.3 Å². The lowest BCUT2D eigenvalue weighted by Crippen LogP contribution is -2.30. The first-order chi connectivity index (χ1) is 12.0. The molecule has 0 fully saturated rings. The minimum absolute atomic E-state index is 0.0685. The predicted octanol–water partition coefficient (Wildman–Crippen LogP) is 2.67. The first-order valence-corrected chi connectivity index (χ1v) is 8.27. The number of aryl methyl sites for hydroxylation is 1. The van der Waals surface area contributed by atoms with Crippen LogP contribution < -0.4 is 15.7 Å². The fourth-order valence-electron chi connectivity index (χ4n) is 2.10. The number of nitrogens with zero attached hydrogens (tertiary/aromatic N) is 2. The van der Waals surface area contributed by atoms with Gasteiger partial charge in [0.2, 0.25) is 0 Å². The van der Waals surface area contributed by atoms with E-state index in [4.69, 9.17) is 4.74 Å². The normalized spacial score (nSPS) is 11.0. The lowest BCUT2D eigenvalue weighted by Gasteiger charge is -2.08. The molecule has 0 aliphatic heterocycles. The van der Waals surface area contributed by atoms with Crippen LogP contribution in [0.25, 0.3) is 0 Å². The summed E-state index contributed by atoms with van der Waals surface area (Å²) in [5.41, 5.74) is 2.94. The van der Waals surface area contributed by atoms with Crippen molar-refractivity contribution >= 4 is 12.1 Å². The van der Waals surface area contributed by atoms with E-state index in [1.54, 1.807) is 12.3 Å². The van der Waals surface area contributed by atoms with Gasteiger partial charge in [-0.3, -0.25) is 9.59 Å². The van der Waals surface area contributed by atoms with Gasteiger partial charge in [-0.1, -0.05) is 13.8 Å². The van der Waals surface area contributed by atoms with Crippen LogP contribution in [0.15, 0.2) is 52.5 Å². The van der Waals surface area contributed by atoms with Gasteiger partial charge in [-0.05, 0) is 54.8 Å². The largest absolute Gasteiger partial charge is 0.493 e. The molecule has 0 aliphatic rings. The van der Waals surface area contributed by atoms with Crippen molar-refractivity contribution in [3.8, 4) is 5.75 Å². The number of carbonyl (C=O) groups is 1. The van der Waals surface area contributed by atoms with Crippen molar-refractivity contribution in [2.24, 2.45) is 11.0 Å². The van der Waals surface area contributed by atoms with Crippen LogP contribution in [0.2, 0.25) is 0 Å². The number of aromatic nitrogens is 1. The van der Waals surface area contributed by atoms with Crippen molar-refractivity contribution in [1.29, 1.82) is 0 Å². The molecule has 2 rings (SSSR count). The number of pyridine rings is 1. The van der Waals surface area contributed by atoms with Gasteiger partial charge in [0.05, 0.1) is 12.8 Å². The second kappa shape index (κ2) is 8.82. The second-order valence-corrected chi connectivity index (χ2v) is 5.99. The Morgan fingerprint density at radius 1 is 1.28 bits per heavy atom. The summed E-state index contributed by atoms with van der Waals surface area (Å²) < 4.78 is 7.07. The molecule has 25 heavy (non-hydrogen) atoms. The zero-order chi connectivity index (χ0) is 18.2. The number of nitrogens with one attached hydrogen (secondary N) is 1. The Kier molecular flexibility index (Phi) is 6.51. The van der Waals surface area contributed by atoms with Gasteiger partial charge in [0.1, 0.15) is 11.3 Å². The van der Waals surface area contributed by atoms with E-state index >= 15 is 0 Å². The van der Waals surface area contributed by atoms with Crippen molar-refractivity contribution in [1.82, 2.24) is 9.99 Å². The Morgan fingerprint density at radius 3 is 2.64 bits per heavy atom. The number of carbonyl (C=O) groups excluding carboxylic acids is 1. The van der Waals surface area contributed by atoms with Crippen molar-refractivity contribution < 1.29 is 9.53 Å². The number of benzene rings is 1. The van der Waals surface area contributed by atoms with Gasteiger partial charge in [0, 0.05) is 12.7 Å². The Morgan fingerprint density at radius 2 is 2.00 bits per heavy atom.